The van der Waals surface area contributed by atoms with Gasteiger partial charge in [0.1, 0.15) is 5.75 Å². The zero-order valence-electron chi connectivity index (χ0n) is 24.4. The maximum absolute atomic E-state index is 13.4. The van der Waals surface area contributed by atoms with Gasteiger partial charge in [-0.2, -0.15) is 0 Å². The van der Waals surface area contributed by atoms with E-state index in [1.807, 2.05) is 32.1 Å². The Hall–Kier alpha value is -2.55. The van der Waals surface area contributed by atoms with Crippen molar-refractivity contribution in [3.63, 3.8) is 0 Å². The summed E-state index contributed by atoms with van der Waals surface area (Å²) in [4.78, 5) is 15.7. The van der Waals surface area contributed by atoms with Crippen molar-refractivity contribution in [1.82, 2.24) is 4.72 Å². The molecule has 2 aromatic rings. The molecule has 1 spiro atoms. The Bertz CT molecular complexity index is 1490. The van der Waals surface area contributed by atoms with E-state index in [0.29, 0.717) is 38.3 Å². The second-order valence-corrected chi connectivity index (χ2v) is 15.3. The van der Waals surface area contributed by atoms with Crippen molar-refractivity contribution in [3.05, 3.63) is 70.3 Å². The number of nitrogens with one attached hydrogen (secondary N) is 1. The predicted molar refractivity (Wildman–Crippen MR) is 166 cm³/mol. The van der Waals surface area contributed by atoms with E-state index < -0.39 is 27.3 Å². The van der Waals surface area contributed by atoms with Crippen LogP contribution in [0, 0.1) is 17.8 Å². The molecular formula is C33H41ClN2O5S. The van der Waals surface area contributed by atoms with Crippen LogP contribution in [0.3, 0.4) is 0 Å². The highest BCUT2D eigenvalue weighted by Crippen LogP contribution is 2.46. The fourth-order valence-corrected chi connectivity index (χ4v) is 9.27. The van der Waals surface area contributed by atoms with Gasteiger partial charge >= 0.3 is 0 Å². The number of halogens is 1. The third-order valence-corrected chi connectivity index (χ3v) is 12.2. The Balaban J connectivity index is 1.42. The normalized spacial score (nSPS) is 33.3. The molecule has 0 unspecified atom stereocenters. The number of aryl methyl sites for hydroxylation is 1. The van der Waals surface area contributed by atoms with Crippen LogP contribution in [0.1, 0.15) is 73.9 Å². The lowest BCUT2D eigenvalue weighted by atomic mass is 9.68. The van der Waals surface area contributed by atoms with E-state index >= 15 is 0 Å². The zero-order chi connectivity index (χ0) is 29.6. The molecule has 2 aromatic carbocycles. The molecule has 2 N–H and O–H groups in total. The minimum absolute atomic E-state index is 0.0592. The number of hydrogen-bond donors (Lipinski definition) is 2. The van der Waals surface area contributed by atoms with Crippen LogP contribution in [0.2, 0.25) is 5.02 Å². The number of allylic oxidation sites excluding steroid dienone is 1. The number of aliphatic hydroxyl groups is 1. The second-order valence-electron chi connectivity index (χ2n) is 12.9. The summed E-state index contributed by atoms with van der Waals surface area (Å²) in [5.74, 6) is 0.408. The van der Waals surface area contributed by atoms with Crippen LogP contribution in [-0.4, -0.2) is 50.5 Å². The van der Waals surface area contributed by atoms with Crippen LogP contribution in [0.25, 0.3) is 0 Å². The minimum Gasteiger partial charge on any atom is -0.490 e. The summed E-state index contributed by atoms with van der Waals surface area (Å²) >= 11 is 6.39. The molecule has 1 fully saturated rings. The highest BCUT2D eigenvalue weighted by molar-refractivity contribution is 7.90. The zero-order valence-corrected chi connectivity index (χ0v) is 26.0. The summed E-state index contributed by atoms with van der Waals surface area (Å²) in [6, 6.07) is 11.4. The van der Waals surface area contributed by atoms with Gasteiger partial charge < -0.3 is 14.7 Å². The number of amides is 1. The first-order valence-electron chi connectivity index (χ1n) is 15.3. The molecule has 6 atom stereocenters. The Morgan fingerprint density at radius 3 is 2.76 bits per heavy atom. The smallest absolute Gasteiger partial charge is 0.264 e. The molecule has 0 saturated heterocycles. The molecule has 42 heavy (non-hydrogen) atoms. The predicted octanol–water partition coefficient (Wildman–Crippen LogP) is 5.63. The van der Waals surface area contributed by atoms with Crippen molar-refractivity contribution in [2.75, 3.05) is 24.6 Å². The summed E-state index contributed by atoms with van der Waals surface area (Å²) in [6.07, 6.45) is 8.89. The van der Waals surface area contributed by atoms with Crippen molar-refractivity contribution in [3.8, 4) is 5.75 Å². The van der Waals surface area contributed by atoms with Gasteiger partial charge in [-0.15, -0.1) is 0 Å². The summed E-state index contributed by atoms with van der Waals surface area (Å²) < 4.78 is 35.5. The maximum Gasteiger partial charge on any atom is 0.264 e. The third kappa shape index (κ3) is 5.58. The largest absolute Gasteiger partial charge is 0.490 e. The number of aliphatic hydroxyl groups excluding tert-OH is 1. The van der Waals surface area contributed by atoms with Crippen LogP contribution < -0.4 is 14.4 Å². The van der Waals surface area contributed by atoms with Crippen LogP contribution in [0.4, 0.5) is 5.69 Å². The van der Waals surface area contributed by atoms with E-state index in [-0.39, 0.29) is 28.7 Å². The first-order chi connectivity index (χ1) is 20.1. The molecule has 0 radical (unpaired) electrons. The molecule has 4 aliphatic rings. The van der Waals surface area contributed by atoms with Gasteiger partial charge in [0.2, 0.25) is 10.0 Å². The van der Waals surface area contributed by atoms with Crippen molar-refractivity contribution in [2.24, 2.45) is 17.8 Å². The molecule has 2 heterocycles. The SMILES string of the molecule is CC[C@@H]1C[C@@H](C)/C=C\[C@H](O)[C@@H]2CC[C@H]2CN2C[C@@]3(CCCc4cc(Cl)ccc43)COc3ccc(cc32)C(=O)NS1(=O)=O. The molecule has 226 valence electrons. The van der Waals surface area contributed by atoms with Gasteiger partial charge in [0, 0.05) is 29.1 Å². The Kier molecular flexibility index (Phi) is 8.09. The van der Waals surface area contributed by atoms with Gasteiger partial charge in [0.25, 0.3) is 5.91 Å². The highest BCUT2D eigenvalue weighted by atomic mass is 35.5. The maximum atomic E-state index is 13.4. The average Bonchev–Trinajstić information content (AvgIpc) is 3.09. The number of rotatable bonds is 1. The Morgan fingerprint density at radius 2 is 2.00 bits per heavy atom. The van der Waals surface area contributed by atoms with Crippen molar-refractivity contribution in [1.29, 1.82) is 0 Å². The molecule has 2 aliphatic heterocycles. The molecule has 1 amide bonds. The molecular weight excluding hydrogens is 572 g/mol. The van der Waals surface area contributed by atoms with Crippen molar-refractivity contribution in [2.45, 2.75) is 75.6 Å². The molecule has 9 heteroatoms. The van der Waals surface area contributed by atoms with E-state index in [9.17, 15) is 18.3 Å². The number of benzene rings is 2. The summed E-state index contributed by atoms with van der Waals surface area (Å²) in [5, 5.41) is 11.2. The Morgan fingerprint density at radius 1 is 1.17 bits per heavy atom. The number of ether oxygens (including phenoxy) is 1. The van der Waals surface area contributed by atoms with E-state index in [4.69, 9.17) is 16.3 Å². The lowest BCUT2D eigenvalue weighted by Gasteiger charge is -2.45. The van der Waals surface area contributed by atoms with Gasteiger partial charge in [-0.25, -0.2) is 13.1 Å². The fraction of sp³-hybridized carbons (Fsp3) is 0.545. The summed E-state index contributed by atoms with van der Waals surface area (Å²) in [5.41, 5.74) is 3.34. The quantitative estimate of drug-likeness (QED) is 0.405. The molecule has 6 rings (SSSR count). The summed E-state index contributed by atoms with van der Waals surface area (Å²) in [6.45, 7) is 5.69. The lowest BCUT2D eigenvalue weighted by Crippen LogP contribution is -2.49. The average molecular weight is 613 g/mol. The molecule has 7 nitrogen and oxygen atoms in total. The van der Waals surface area contributed by atoms with Gasteiger partial charge in [-0.3, -0.25) is 4.79 Å². The molecule has 1 saturated carbocycles. The number of nitrogens with zero attached hydrogens (tertiary/aromatic N) is 1. The standard InChI is InChI=1S/C33H41ClN2O5S/c1-3-26-15-21(2)6-12-30(37)27-10-7-24(27)18-36-19-33(14-4-5-22-16-25(34)9-11-28(22)33)20-41-31-13-8-23(17-29(31)36)32(38)35-42(26,39)40/h6,8-9,11-13,16-17,21,24,26-27,30,37H,3-5,7,10,14-15,18-20H2,1-2H3,(H,35,38)/b12-6-/t21-,24-,26+,27+,30-,33-/m0/s1. The van der Waals surface area contributed by atoms with E-state index in [2.05, 4.69) is 21.8 Å². The van der Waals surface area contributed by atoms with Crippen LogP contribution in [-0.2, 0) is 21.9 Å². The molecule has 2 aliphatic carbocycles. The first-order valence-corrected chi connectivity index (χ1v) is 17.2. The van der Waals surface area contributed by atoms with Gasteiger partial charge in [-0.05, 0) is 104 Å². The minimum atomic E-state index is -3.91. The number of fused-ring (bicyclic) bond motifs is 4. The number of anilines is 1. The van der Waals surface area contributed by atoms with E-state index in [1.54, 1.807) is 18.2 Å². The van der Waals surface area contributed by atoms with Gasteiger partial charge in [0.15, 0.2) is 0 Å². The topological polar surface area (TPSA) is 95.9 Å². The van der Waals surface area contributed by atoms with Crippen molar-refractivity contribution < 1.29 is 23.1 Å². The van der Waals surface area contributed by atoms with Crippen molar-refractivity contribution >= 4 is 33.2 Å². The van der Waals surface area contributed by atoms with Crippen LogP contribution in [0.5, 0.6) is 5.75 Å². The Labute approximate surface area is 254 Å². The van der Waals surface area contributed by atoms with Crippen LogP contribution >= 0.6 is 11.6 Å². The van der Waals surface area contributed by atoms with Gasteiger partial charge in [-0.1, -0.05) is 43.7 Å². The lowest BCUT2D eigenvalue weighted by molar-refractivity contribution is 0.0454. The van der Waals surface area contributed by atoms with E-state index in [1.165, 1.54) is 11.1 Å². The number of hydrogen-bond acceptors (Lipinski definition) is 6. The molecule has 0 aromatic heterocycles. The monoisotopic (exact) mass is 612 g/mol. The number of sulfonamides is 1. The highest BCUT2D eigenvalue weighted by Gasteiger charge is 2.44. The van der Waals surface area contributed by atoms with Crippen LogP contribution in [0.15, 0.2) is 48.6 Å². The fourth-order valence-electron chi connectivity index (χ4n) is 7.53. The third-order valence-electron chi connectivity index (χ3n) is 10.1. The summed E-state index contributed by atoms with van der Waals surface area (Å²) in [7, 11) is -3.91. The number of carbonyl (C=O) groups excluding carboxylic acids is 1. The van der Waals surface area contributed by atoms with E-state index in [0.717, 1.165) is 42.8 Å². The molecule has 2 bridgehead atoms. The number of carbonyl (C=O) groups is 1. The first kappa shape index (κ1) is 29.5. The van der Waals surface area contributed by atoms with Gasteiger partial charge in [0.05, 0.1) is 23.6 Å². The second kappa shape index (κ2) is 11.5.